The van der Waals surface area contributed by atoms with E-state index in [4.69, 9.17) is 4.74 Å². The Balaban J connectivity index is 2.31. The maximum Gasteiger partial charge on any atom is 0.350 e. The van der Waals surface area contributed by atoms with Crippen molar-refractivity contribution in [3.63, 3.8) is 0 Å². The van der Waals surface area contributed by atoms with E-state index in [0.29, 0.717) is 28.3 Å². The van der Waals surface area contributed by atoms with Gasteiger partial charge in [-0.25, -0.2) is 4.79 Å². The van der Waals surface area contributed by atoms with E-state index < -0.39 is 5.97 Å². The fraction of sp³-hybridized carbons (Fsp3) is 0.588. The summed E-state index contributed by atoms with van der Waals surface area (Å²) in [5.41, 5.74) is 1.26. The van der Waals surface area contributed by atoms with Crippen molar-refractivity contribution in [3.05, 3.63) is 15.3 Å². The van der Waals surface area contributed by atoms with Crippen LogP contribution in [0.1, 0.15) is 58.5 Å². The third kappa shape index (κ3) is 4.02. The molecule has 0 saturated carbocycles. The first-order valence-electron chi connectivity index (χ1n) is 8.39. The van der Waals surface area contributed by atoms with Gasteiger partial charge in [-0.2, -0.15) is 0 Å². The van der Waals surface area contributed by atoms with Crippen molar-refractivity contribution in [1.29, 1.82) is 0 Å². The van der Waals surface area contributed by atoms with Gasteiger partial charge in [0.1, 0.15) is 4.88 Å². The van der Waals surface area contributed by atoms with Crippen LogP contribution in [0.5, 0.6) is 0 Å². The Kier molecular flexibility index (Phi) is 6.51. The van der Waals surface area contributed by atoms with Gasteiger partial charge in [0.05, 0.1) is 23.7 Å². The Morgan fingerprint density at radius 3 is 2.54 bits per heavy atom. The number of rotatable bonds is 7. The van der Waals surface area contributed by atoms with Crippen LogP contribution in [0.2, 0.25) is 0 Å². The lowest BCUT2D eigenvalue weighted by Gasteiger charge is -2.18. The zero-order valence-corrected chi connectivity index (χ0v) is 15.3. The van der Waals surface area contributed by atoms with Gasteiger partial charge in [-0.3, -0.25) is 14.5 Å². The molecule has 2 rings (SSSR count). The molecule has 0 radical (unpaired) electrons. The maximum atomic E-state index is 12.4. The molecule has 6 nitrogen and oxygen atoms in total. The number of ketones is 1. The van der Waals surface area contributed by atoms with Gasteiger partial charge < -0.3 is 10.1 Å². The standard InChI is InChI=1S/C17H24N2O4S/c1-4-19(5-2)10-13(21)18-14-11-8-7-9-12(20)15(11)24-16(14)17(22)23-6-3/h4-10H2,1-3H3,(H,18,21). The molecule has 0 spiro atoms. The molecule has 0 aliphatic heterocycles. The lowest BCUT2D eigenvalue weighted by atomic mass is 9.96. The van der Waals surface area contributed by atoms with Crippen molar-refractivity contribution in [3.8, 4) is 0 Å². The van der Waals surface area contributed by atoms with E-state index in [0.717, 1.165) is 36.4 Å². The molecule has 24 heavy (non-hydrogen) atoms. The molecule has 7 heteroatoms. The lowest BCUT2D eigenvalue weighted by molar-refractivity contribution is -0.117. The number of fused-ring (bicyclic) bond motifs is 1. The van der Waals surface area contributed by atoms with Crippen LogP contribution in [-0.2, 0) is 16.0 Å². The van der Waals surface area contributed by atoms with Crippen LogP contribution in [0.4, 0.5) is 5.69 Å². The highest BCUT2D eigenvalue weighted by Crippen LogP contribution is 2.38. The van der Waals surface area contributed by atoms with Crippen LogP contribution in [0.15, 0.2) is 0 Å². The Morgan fingerprint density at radius 2 is 1.92 bits per heavy atom. The lowest BCUT2D eigenvalue weighted by Crippen LogP contribution is -2.33. The number of anilines is 1. The second kappa shape index (κ2) is 8.39. The van der Waals surface area contributed by atoms with Crippen LogP contribution < -0.4 is 5.32 Å². The number of esters is 1. The minimum atomic E-state index is -0.483. The summed E-state index contributed by atoms with van der Waals surface area (Å²) in [5, 5.41) is 2.85. The van der Waals surface area contributed by atoms with Crippen molar-refractivity contribution >= 4 is 34.7 Å². The van der Waals surface area contributed by atoms with Gasteiger partial charge in [0.25, 0.3) is 0 Å². The summed E-state index contributed by atoms with van der Waals surface area (Å²) in [6.45, 7) is 7.77. The number of carbonyl (C=O) groups excluding carboxylic acids is 3. The van der Waals surface area contributed by atoms with E-state index in [1.165, 1.54) is 0 Å². The highest BCUT2D eigenvalue weighted by atomic mass is 32.1. The van der Waals surface area contributed by atoms with Crippen LogP contribution in [0.25, 0.3) is 0 Å². The minimum Gasteiger partial charge on any atom is -0.462 e. The monoisotopic (exact) mass is 352 g/mol. The van der Waals surface area contributed by atoms with Crippen molar-refractivity contribution in [2.24, 2.45) is 0 Å². The fourth-order valence-corrected chi connectivity index (χ4v) is 3.94. The molecule has 0 saturated heterocycles. The largest absolute Gasteiger partial charge is 0.462 e. The molecule has 1 amide bonds. The molecule has 132 valence electrons. The number of nitrogens with zero attached hydrogens (tertiary/aromatic N) is 1. The molecule has 1 aliphatic rings. The molecule has 0 fully saturated rings. The second-order valence-corrected chi connectivity index (χ2v) is 6.64. The zero-order valence-electron chi connectivity index (χ0n) is 14.4. The van der Waals surface area contributed by atoms with Gasteiger partial charge in [-0.1, -0.05) is 13.8 Å². The number of thiophene rings is 1. The molecule has 0 aromatic carbocycles. The Morgan fingerprint density at radius 1 is 1.21 bits per heavy atom. The maximum absolute atomic E-state index is 12.4. The van der Waals surface area contributed by atoms with Crippen molar-refractivity contribution in [1.82, 2.24) is 4.90 Å². The minimum absolute atomic E-state index is 0.0380. The number of hydrogen-bond acceptors (Lipinski definition) is 6. The van der Waals surface area contributed by atoms with Gasteiger partial charge in [0.2, 0.25) is 5.91 Å². The molecule has 0 bridgehead atoms. The third-order valence-corrected chi connectivity index (χ3v) is 5.33. The molecule has 1 N–H and O–H groups in total. The van der Waals surface area contributed by atoms with Gasteiger partial charge in [-0.15, -0.1) is 11.3 Å². The average Bonchev–Trinajstić information content (AvgIpc) is 2.93. The molecule has 1 aliphatic carbocycles. The molecular formula is C17H24N2O4S. The number of carbonyl (C=O) groups is 3. The van der Waals surface area contributed by atoms with Crippen molar-refractivity contribution < 1.29 is 19.1 Å². The number of nitrogens with one attached hydrogen (secondary N) is 1. The molecule has 1 aromatic heterocycles. The van der Waals surface area contributed by atoms with Crippen molar-refractivity contribution in [2.45, 2.75) is 40.0 Å². The second-order valence-electron chi connectivity index (χ2n) is 5.62. The smallest absolute Gasteiger partial charge is 0.350 e. The van der Waals surface area contributed by atoms with E-state index in [1.807, 2.05) is 18.7 Å². The van der Waals surface area contributed by atoms with E-state index in [9.17, 15) is 14.4 Å². The molecule has 0 atom stereocenters. The number of ether oxygens (including phenoxy) is 1. The van der Waals surface area contributed by atoms with E-state index in [1.54, 1.807) is 6.92 Å². The molecule has 0 unspecified atom stereocenters. The van der Waals surface area contributed by atoms with Crippen LogP contribution in [0.3, 0.4) is 0 Å². The average molecular weight is 352 g/mol. The number of amides is 1. The summed E-state index contributed by atoms with van der Waals surface area (Å²) in [7, 11) is 0. The summed E-state index contributed by atoms with van der Waals surface area (Å²) >= 11 is 1.14. The molecular weight excluding hydrogens is 328 g/mol. The third-order valence-electron chi connectivity index (χ3n) is 4.08. The Bertz CT molecular complexity index is 635. The predicted molar refractivity (Wildman–Crippen MR) is 94.0 cm³/mol. The van der Waals surface area contributed by atoms with Gasteiger partial charge in [-0.05, 0) is 38.4 Å². The van der Waals surface area contributed by atoms with Gasteiger partial charge in [0.15, 0.2) is 5.78 Å². The Hall–Kier alpha value is -1.73. The molecule has 1 heterocycles. The first kappa shape index (κ1) is 18.6. The molecule has 1 aromatic rings. The summed E-state index contributed by atoms with van der Waals surface area (Å²) < 4.78 is 5.09. The fourth-order valence-electron chi connectivity index (χ4n) is 2.77. The highest BCUT2D eigenvalue weighted by Gasteiger charge is 2.30. The van der Waals surface area contributed by atoms with Gasteiger partial charge >= 0.3 is 5.97 Å². The van der Waals surface area contributed by atoms with Crippen LogP contribution >= 0.6 is 11.3 Å². The zero-order chi connectivity index (χ0) is 17.7. The van der Waals surface area contributed by atoms with Gasteiger partial charge in [0, 0.05) is 6.42 Å². The number of likely N-dealkylation sites (N-methyl/N-ethyl adjacent to an activating group) is 1. The van der Waals surface area contributed by atoms with Crippen LogP contribution in [0, 0.1) is 0 Å². The predicted octanol–water partition coefficient (Wildman–Crippen LogP) is 2.72. The SMILES string of the molecule is CCOC(=O)c1sc2c(c1NC(=O)CN(CC)CC)CCCC2=O. The van der Waals surface area contributed by atoms with E-state index in [-0.39, 0.29) is 24.8 Å². The van der Waals surface area contributed by atoms with Crippen LogP contribution in [-0.4, -0.2) is 48.8 Å². The highest BCUT2D eigenvalue weighted by molar-refractivity contribution is 7.16. The summed E-state index contributed by atoms with van der Waals surface area (Å²) in [4.78, 5) is 39.6. The normalized spacial score (nSPS) is 13.8. The van der Waals surface area contributed by atoms with E-state index >= 15 is 0 Å². The number of hydrogen-bond donors (Lipinski definition) is 1. The van der Waals surface area contributed by atoms with Crippen molar-refractivity contribution in [2.75, 3.05) is 31.6 Å². The summed E-state index contributed by atoms with van der Waals surface area (Å²) in [6, 6.07) is 0. The number of Topliss-reactive ketones (excluding diaryl/α,β-unsaturated/α-hetero) is 1. The Labute approximate surface area is 146 Å². The summed E-state index contributed by atoms with van der Waals surface area (Å²) in [6.07, 6.45) is 1.92. The first-order valence-corrected chi connectivity index (χ1v) is 9.21. The quantitative estimate of drug-likeness (QED) is 0.764. The summed E-state index contributed by atoms with van der Waals surface area (Å²) in [5.74, 6) is -0.623. The van der Waals surface area contributed by atoms with E-state index in [2.05, 4.69) is 5.32 Å². The topological polar surface area (TPSA) is 75.7 Å². The first-order chi connectivity index (χ1) is 11.5.